The number of azo groups is 2. The molecule has 0 aliphatic heterocycles. The molecule has 0 saturated heterocycles. The minimum Gasteiger partial charge on any atom is -0.506 e. The Labute approximate surface area is 264 Å². The van der Waals surface area contributed by atoms with Gasteiger partial charge in [0.15, 0.2) is 25.4 Å². The van der Waals surface area contributed by atoms with E-state index in [1.165, 1.54) is 39.2 Å². The van der Waals surface area contributed by atoms with Crippen molar-refractivity contribution in [2.45, 2.75) is 28.5 Å². The van der Waals surface area contributed by atoms with Gasteiger partial charge in [-0.05, 0) is 42.5 Å². The SMILES string of the molecule is CCS(=O)(=O)c1ccc(/N=N/c2c(NC)ccc3c(O)c(/N=N/c4cc(OC)c(S(=O)(=O)CC)cc4O)ccc23)c(S(=O)(=O)O)c1. The summed E-state index contributed by atoms with van der Waals surface area (Å²) in [5.74, 6) is -1.39. The number of methoxy groups -OCH3 is 1. The molecule has 0 aromatic heterocycles. The number of anilines is 1. The van der Waals surface area contributed by atoms with Crippen LogP contribution in [0.1, 0.15) is 13.8 Å². The summed E-state index contributed by atoms with van der Waals surface area (Å²) in [6.45, 7) is 2.84. The molecule has 0 spiro atoms. The van der Waals surface area contributed by atoms with Crippen molar-refractivity contribution in [1.29, 1.82) is 0 Å². The third-order valence-electron chi connectivity index (χ3n) is 6.84. The number of nitrogens with zero attached hydrogens (tertiary/aromatic N) is 4. The molecule has 0 saturated carbocycles. The third kappa shape index (κ3) is 6.79. The van der Waals surface area contributed by atoms with Crippen LogP contribution in [0, 0.1) is 0 Å². The van der Waals surface area contributed by atoms with E-state index >= 15 is 0 Å². The van der Waals surface area contributed by atoms with E-state index < -0.39 is 40.4 Å². The van der Waals surface area contributed by atoms with E-state index in [1.807, 2.05) is 0 Å². The topological polar surface area (TPSA) is 234 Å². The first-order valence-electron chi connectivity index (χ1n) is 13.4. The highest BCUT2D eigenvalue weighted by molar-refractivity contribution is 7.91. The Bertz CT molecular complexity index is 2240. The van der Waals surface area contributed by atoms with E-state index in [1.54, 1.807) is 19.2 Å². The Kier molecular flexibility index (Phi) is 9.67. The van der Waals surface area contributed by atoms with Crippen LogP contribution in [0.2, 0.25) is 0 Å². The normalized spacial score (nSPS) is 12.7. The van der Waals surface area contributed by atoms with Gasteiger partial charge < -0.3 is 20.3 Å². The van der Waals surface area contributed by atoms with Gasteiger partial charge in [0.2, 0.25) is 0 Å². The lowest BCUT2D eigenvalue weighted by Gasteiger charge is -2.11. The maximum Gasteiger partial charge on any atom is 0.296 e. The maximum atomic E-state index is 12.4. The molecule has 18 heteroatoms. The average Bonchev–Trinajstić information content (AvgIpc) is 3.02. The molecule has 0 heterocycles. The molecule has 4 aromatic carbocycles. The summed E-state index contributed by atoms with van der Waals surface area (Å²) in [5, 5.41) is 41.1. The van der Waals surface area contributed by atoms with Crippen molar-refractivity contribution < 1.29 is 44.8 Å². The number of phenols is 2. The van der Waals surface area contributed by atoms with Crippen LogP contribution in [-0.2, 0) is 29.8 Å². The van der Waals surface area contributed by atoms with E-state index in [0.29, 0.717) is 11.1 Å². The fraction of sp³-hybridized carbons (Fsp3) is 0.214. The van der Waals surface area contributed by atoms with E-state index in [2.05, 4.69) is 25.8 Å². The van der Waals surface area contributed by atoms with Crippen molar-refractivity contribution in [2.75, 3.05) is 31.0 Å². The summed E-state index contributed by atoms with van der Waals surface area (Å²) >= 11 is 0. The third-order valence-corrected chi connectivity index (χ3v) is 11.2. The summed E-state index contributed by atoms with van der Waals surface area (Å²) in [6, 6.07) is 11.3. The van der Waals surface area contributed by atoms with E-state index in [9.17, 15) is 40.0 Å². The van der Waals surface area contributed by atoms with Crippen LogP contribution in [0.15, 0.2) is 89.7 Å². The molecular weight excluding hydrogens is 663 g/mol. The van der Waals surface area contributed by atoms with Gasteiger partial charge in [-0.2, -0.15) is 8.42 Å². The van der Waals surface area contributed by atoms with E-state index in [-0.39, 0.29) is 60.9 Å². The largest absolute Gasteiger partial charge is 0.506 e. The first kappa shape index (κ1) is 34.2. The summed E-state index contributed by atoms with van der Waals surface area (Å²) in [4.78, 5) is -1.29. The number of phenolic OH excluding ortho intramolecular Hbond substituents is 2. The lowest BCUT2D eigenvalue weighted by atomic mass is 10.1. The Hall–Kier alpha value is -4.65. The number of aromatic hydroxyl groups is 2. The van der Waals surface area contributed by atoms with Crippen molar-refractivity contribution in [2.24, 2.45) is 20.5 Å². The number of benzene rings is 4. The molecule has 0 aliphatic carbocycles. The maximum absolute atomic E-state index is 12.4. The summed E-state index contributed by atoms with van der Waals surface area (Å²) in [5.41, 5.74) is 0.0823. The lowest BCUT2D eigenvalue weighted by Crippen LogP contribution is -2.06. The van der Waals surface area contributed by atoms with E-state index in [4.69, 9.17) is 4.74 Å². The second kappa shape index (κ2) is 13.0. The lowest BCUT2D eigenvalue weighted by molar-refractivity contribution is 0.399. The summed E-state index contributed by atoms with van der Waals surface area (Å²) < 4.78 is 88.4. The van der Waals surface area contributed by atoms with Gasteiger partial charge in [0, 0.05) is 30.0 Å². The van der Waals surface area contributed by atoms with Crippen LogP contribution >= 0.6 is 0 Å². The van der Waals surface area contributed by atoms with Gasteiger partial charge in [-0.3, -0.25) is 4.55 Å². The highest BCUT2D eigenvalue weighted by atomic mass is 32.2. The molecule has 0 amide bonds. The number of rotatable bonds is 11. The molecule has 0 aliphatic rings. The Balaban J connectivity index is 1.80. The standard InChI is InChI=1S/C28H29N5O10S3/c1-5-44(36,37)16-7-10-19(25(13-16)46(40,41)42)30-33-27-17-8-12-21(28(35)18(17)9-11-20(27)29-3)31-32-22-14-24(43-4)26(15-23(22)34)45(38,39)6-2/h7-15,29,34-35H,5-6H2,1-4H3,(H,40,41,42)/b32-31+,33-30+. The zero-order valence-corrected chi connectivity index (χ0v) is 27.3. The van der Waals surface area contributed by atoms with Gasteiger partial charge in [0.1, 0.15) is 44.0 Å². The molecule has 0 bridgehead atoms. The molecule has 4 N–H and O–H groups in total. The van der Waals surface area contributed by atoms with Gasteiger partial charge in [0.25, 0.3) is 10.1 Å². The number of hydrogen-bond acceptors (Lipinski definition) is 14. The van der Waals surface area contributed by atoms with Gasteiger partial charge in [-0.15, -0.1) is 20.5 Å². The van der Waals surface area contributed by atoms with Crippen LogP contribution < -0.4 is 10.1 Å². The fourth-order valence-corrected chi connectivity index (χ4v) is 6.97. The van der Waals surface area contributed by atoms with Crippen molar-refractivity contribution in [3.8, 4) is 17.2 Å². The molecule has 46 heavy (non-hydrogen) atoms. The van der Waals surface area contributed by atoms with E-state index in [0.717, 1.165) is 24.3 Å². The van der Waals surface area contributed by atoms with Gasteiger partial charge in [0.05, 0.1) is 29.2 Å². The fourth-order valence-electron chi connectivity index (χ4n) is 4.28. The molecule has 15 nitrogen and oxygen atoms in total. The first-order valence-corrected chi connectivity index (χ1v) is 18.1. The zero-order chi connectivity index (χ0) is 34.0. The minimum atomic E-state index is -4.90. The molecule has 0 radical (unpaired) electrons. The molecular formula is C28H29N5O10S3. The first-order chi connectivity index (χ1) is 21.6. The molecule has 0 atom stereocenters. The quantitative estimate of drug-likeness (QED) is 0.106. The zero-order valence-electron chi connectivity index (χ0n) is 24.8. The second-order valence-corrected chi connectivity index (χ2v) is 15.5. The number of ether oxygens (including phenoxy) is 1. The van der Waals surface area contributed by atoms with Crippen molar-refractivity contribution in [1.82, 2.24) is 0 Å². The van der Waals surface area contributed by atoms with Crippen LogP contribution in [0.5, 0.6) is 17.2 Å². The Morgan fingerprint density at radius 1 is 0.717 bits per heavy atom. The van der Waals surface area contributed by atoms with Crippen LogP contribution in [0.25, 0.3) is 10.8 Å². The van der Waals surface area contributed by atoms with Gasteiger partial charge in [-0.25, -0.2) is 16.8 Å². The number of fused-ring (bicyclic) bond motifs is 1. The molecule has 4 aromatic rings. The number of nitrogens with one attached hydrogen (secondary N) is 1. The molecule has 244 valence electrons. The van der Waals surface area contributed by atoms with Crippen LogP contribution in [0.4, 0.5) is 28.4 Å². The molecule has 0 unspecified atom stereocenters. The Morgan fingerprint density at radius 2 is 1.33 bits per heavy atom. The number of sulfone groups is 2. The second-order valence-electron chi connectivity index (χ2n) is 9.54. The average molecular weight is 692 g/mol. The van der Waals surface area contributed by atoms with Gasteiger partial charge in [-0.1, -0.05) is 13.8 Å². The molecule has 0 fully saturated rings. The van der Waals surface area contributed by atoms with Gasteiger partial charge >= 0.3 is 0 Å². The predicted octanol–water partition coefficient (Wildman–Crippen LogP) is 5.97. The highest BCUT2D eigenvalue weighted by Gasteiger charge is 2.23. The Morgan fingerprint density at radius 3 is 1.93 bits per heavy atom. The smallest absolute Gasteiger partial charge is 0.296 e. The summed E-state index contributed by atoms with van der Waals surface area (Å²) in [7, 11) is -9.56. The van der Waals surface area contributed by atoms with Crippen LogP contribution in [0.3, 0.4) is 0 Å². The molecule has 4 rings (SSSR count). The van der Waals surface area contributed by atoms with Crippen molar-refractivity contribution in [3.63, 3.8) is 0 Å². The minimum absolute atomic E-state index is 0.0300. The van der Waals surface area contributed by atoms with Crippen molar-refractivity contribution >= 4 is 69.0 Å². The van der Waals surface area contributed by atoms with Crippen molar-refractivity contribution in [3.05, 3.63) is 54.6 Å². The monoisotopic (exact) mass is 691 g/mol. The number of hydrogen-bond donors (Lipinski definition) is 4. The highest BCUT2D eigenvalue weighted by Crippen LogP contribution is 2.44. The predicted molar refractivity (Wildman–Crippen MR) is 170 cm³/mol. The van der Waals surface area contributed by atoms with Crippen LogP contribution in [-0.4, -0.2) is 65.7 Å². The summed E-state index contributed by atoms with van der Waals surface area (Å²) in [6.07, 6.45) is 0.